The third kappa shape index (κ3) is 12.5. The molecule has 12 heteroatoms. The lowest BCUT2D eigenvalue weighted by atomic mass is 9.92. The summed E-state index contributed by atoms with van der Waals surface area (Å²) in [5.41, 5.74) is 2.05. The van der Waals surface area contributed by atoms with Gasteiger partial charge >= 0.3 is 5.97 Å². The van der Waals surface area contributed by atoms with E-state index in [1.165, 1.54) is 11.3 Å². The van der Waals surface area contributed by atoms with Gasteiger partial charge in [-0.3, -0.25) is 24.1 Å². The van der Waals surface area contributed by atoms with Crippen molar-refractivity contribution in [2.75, 3.05) is 27.2 Å². The number of nitrogens with one attached hydrogen (secondary N) is 2. The predicted octanol–water partition coefficient (Wildman–Crippen LogP) is 6.12. The van der Waals surface area contributed by atoms with Gasteiger partial charge < -0.3 is 25.4 Å². The highest BCUT2D eigenvalue weighted by Crippen LogP contribution is 2.31. The number of rotatable bonds is 20. The fourth-order valence-corrected chi connectivity index (χ4v) is 7.58. The van der Waals surface area contributed by atoms with Crippen LogP contribution in [0.1, 0.15) is 107 Å². The van der Waals surface area contributed by atoms with Crippen molar-refractivity contribution in [3.8, 4) is 0 Å². The van der Waals surface area contributed by atoms with E-state index in [0.717, 1.165) is 43.4 Å². The highest BCUT2D eigenvalue weighted by molar-refractivity contribution is 7.09. The van der Waals surface area contributed by atoms with Gasteiger partial charge in [-0.1, -0.05) is 89.9 Å². The molecule has 0 spiro atoms. The van der Waals surface area contributed by atoms with Crippen molar-refractivity contribution in [3.05, 3.63) is 64.1 Å². The van der Waals surface area contributed by atoms with Crippen molar-refractivity contribution >= 4 is 35.0 Å². The van der Waals surface area contributed by atoms with Gasteiger partial charge in [0.15, 0.2) is 0 Å². The fraction of sp³-hybridized carbons (Fsp3) is 0.625. The van der Waals surface area contributed by atoms with Gasteiger partial charge in [0.25, 0.3) is 5.91 Å². The number of aromatic nitrogens is 1. The number of aliphatic carboxylic acids is 1. The monoisotopic (exact) mass is 739 g/mol. The molecular weight excluding hydrogens is 679 g/mol. The topological polar surface area (TPSA) is 141 Å². The number of carbonyl (C=O) groups is 4. The number of hydrogen-bond acceptors (Lipinski definition) is 8. The highest BCUT2D eigenvalue weighted by Gasteiger charge is 2.37. The zero-order chi connectivity index (χ0) is 38.5. The van der Waals surface area contributed by atoms with Crippen LogP contribution in [-0.4, -0.2) is 95.0 Å². The number of nitrogens with zero attached hydrogens (tertiary/aromatic N) is 3. The van der Waals surface area contributed by atoms with Gasteiger partial charge in [-0.25, -0.2) is 4.98 Å². The van der Waals surface area contributed by atoms with E-state index in [-0.39, 0.29) is 60.4 Å². The van der Waals surface area contributed by atoms with E-state index in [1.54, 1.807) is 24.3 Å². The molecule has 3 rings (SSSR count). The molecule has 2 aromatic rings. The van der Waals surface area contributed by atoms with Gasteiger partial charge in [0.1, 0.15) is 22.8 Å². The number of carboxylic acid groups (broad SMARTS) is 1. The van der Waals surface area contributed by atoms with Gasteiger partial charge in [0.2, 0.25) is 11.8 Å². The first kappa shape index (κ1) is 42.8. The molecule has 1 aromatic carbocycles. The summed E-state index contributed by atoms with van der Waals surface area (Å²) in [7, 11) is 3.76. The van der Waals surface area contributed by atoms with Crippen LogP contribution in [0.25, 0.3) is 0 Å². The molecule has 1 aliphatic rings. The number of ether oxygens (including phenoxy) is 1. The lowest BCUT2D eigenvalue weighted by Gasteiger charge is -2.38. The first-order valence-electron chi connectivity index (χ1n) is 18.7. The van der Waals surface area contributed by atoms with Gasteiger partial charge in [0, 0.05) is 30.9 Å². The number of benzene rings is 1. The summed E-state index contributed by atoms with van der Waals surface area (Å²) in [6.07, 6.45) is 4.19. The largest absolute Gasteiger partial charge is 0.481 e. The minimum absolute atomic E-state index is 0.0420. The molecule has 288 valence electrons. The lowest BCUT2D eigenvalue weighted by molar-refractivity contribution is -0.141. The molecule has 0 aliphatic carbocycles. The number of carboxylic acids is 1. The maximum absolute atomic E-state index is 14.3. The van der Waals surface area contributed by atoms with Crippen LogP contribution in [0.5, 0.6) is 0 Å². The summed E-state index contributed by atoms with van der Waals surface area (Å²) in [6, 6.07) is 8.06. The third-order valence-corrected chi connectivity index (χ3v) is 11.1. The Labute approximate surface area is 314 Å². The number of hydrogen-bond donors (Lipinski definition) is 3. The Morgan fingerprint density at radius 3 is 2.38 bits per heavy atom. The number of thiazole rings is 1. The molecule has 1 fully saturated rings. The average molecular weight is 740 g/mol. The molecule has 1 aromatic heterocycles. The molecule has 1 saturated heterocycles. The second-order valence-electron chi connectivity index (χ2n) is 15.0. The second-order valence-corrected chi connectivity index (χ2v) is 15.9. The van der Waals surface area contributed by atoms with E-state index in [1.807, 2.05) is 58.2 Å². The van der Waals surface area contributed by atoms with Crippen molar-refractivity contribution < 1.29 is 29.0 Å². The first-order chi connectivity index (χ1) is 24.6. The molecule has 6 unspecified atom stereocenters. The van der Waals surface area contributed by atoms with E-state index >= 15 is 0 Å². The van der Waals surface area contributed by atoms with Gasteiger partial charge in [-0.05, 0) is 63.6 Å². The van der Waals surface area contributed by atoms with Crippen LogP contribution in [0.2, 0.25) is 0 Å². The number of likely N-dealkylation sites (tertiary alicyclic amines) is 1. The van der Waals surface area contributed by atoms with E-state index in [9.17, 15) is 24.3 Å². The van der Waals surface area contributed by atoms with Gasteiger partial charge in [-0.15, -0.1) is 11.3 Å². The Hall–Kier alpha value is -3.61. The minimum atomic E-state index is -0.918. The molecule has 52 heavy (non-hydrogen) atoms. The Morgan fingerprint density at radius 2 is 1.79 bits per heavy atom. The molecular formula is C40H61N5O6S. The Bertz CT molecular complexity index is 1480. The van der Waals surface area contributed by atoms with E-state index in [2.05, 4.69) is 36.0 Å². The molecule has 0 saturated carbocycles. The van der Waals surface area contributed by atoms with Crippen LogP contribution < -0.4 is 10.6 Å². The van der Waals surface area contributed by atoms with Crippen molar-refractivity contribution in [1.82, 2.24) is 25.4 Å². The number of carbonyl (C=O) groups excluding carboxylic acids is 3. The fourth-order valence-electron chi connectivity index (χ4n) is 6.72. The quantitative estimate of drug-likeness (QED) is 0.138. The predicted molar refractivity (Wildman–Crippen MR) is 206 cm³/mol. The van der Waals surface area contributed by atoms with Crippen LogP contribution in [-0.2, 0) is 25.5 Å². The van der Waals surface area contributed by atoms with Crippen LogP contribution >= 0.6 is 11.3 Å². The lowest BCUT2D eigenvalue weighted by Crippen LogP contribution is -2.58. The van der Waals surface area contributed by atoms with Gasteiger partial charge in [-0.2, -0.15) is 0 Å². The molecule has 0 radical (unpaired) electrons. The summed E-state index contributed by atoms with van der Waals surface area (Å²) in [4.78, 5) is 61.5. The molecule has 2 heterocycles. The van der Waals surface area contributed by atoms with Crippen LogP contribution in [0.3, 0.4) is 0 Å². The molecule has 3 N–H and O–H groups in total. The second kappa shape index (κ2) is 20.6. The van der Waals surface area contributed by atoms with Crippen LogP contribution in [0.15, 0.2) is 47.9 Å². The Morgan fingerprint density at radius 1 is 1.10 bits per heavy atom. The summed E-state index contributed by atoms with van der Waals surface area (Å²) in [5, 5.41) is 18.0. The third-order valence-electron chi connectivity index (χ3n) is 10.2. The molecule has 11 nitrogen and oxygen atoms in total. The Kier molecular flexibility index (Phi) is 16.9. The molecule has 7 atom stereocenters. The van der Waals surface area contributed by atoms with Crippen molar-refractivity contribution in [2.24, 2.45) is 17.8 Å². The number of piperidine rings is 1. The van der Waals surface area contributed by atoms with Gasteiger partial charge in [0.05, 0.1) is 18.6 Å². The standard InChI is InChI=1S/C40H61N5O6S/c1-10-27(6)35(43-37(47)32-18-14-15-19-44(32)8)39(48)45(9)33(26(4)5)22-34(51-23-25(2)3)38-42-31(24-52-38)36(46)41-30(20-28(7)40(49)50)21-29-16-12-11-13-17-29/h11-13,16-17,24,26-28,30,32-35H,2,10,14-15,18-23H2,1,3-9H3,(H,41,46)(H,43,47)(H,49,50)/t27?,28?,30?,32-,33?,34?,35?/m1/s1. The number of amides is 3. The van der Waals surface area contributed by atoms with E-state index in [4.69, 9.17) is 9.72 Å². The number of likely N-dealkylation sites (N-methyl/N-ethyl adjacent to an activating group) is 2. The smallest absolute Gasteiger partial charge is 0.306 e. The molecule has 0 bridgehead atoms. The normalized spacial score (nSPS) is 18.4. The maximum atomic E-state index is 14.3. The summed E-state index contributed by atoms with van der Waals surface area (Å²) < 4.78 is 6.36. The summed E-state index contributed by atoms with van der Waals surface area (Å²) in [5.74, 6) is -2.22. The maximum Gasteiger partial charge on any atom is 0.306 e. The molecule has 3 amide bonds. The van der Waals surface area contributed by atoms with Crippen LogP contribution in [0.4, 0.5) is 0 Å². The first-order valence-corrected chi connectivity index (χ1v) is 19.6. The van der Waals surface area contributed by atoms with Crippen molar-refractivity contribution in [1.29, 1.82) is 0 Å². The summed E-state index contributed by atoms with van der Waals surface area (Å²) >= 11 is 1.31. The SMILES string of the molecule is C=C(C)COC(CC(C(C)C)N(C)C(=O)C(NC(=O)[C@H]1CCCCN1C)C(C)CC)c1nc(C(=O)NC(Cc2ccccc2)CC(C)C(=O)O)cs1. The highest BCUT2D eigenvalue weighted by atomic mass is 32.1. The average Bonchev–Trinajstić information content (AvgIpc) is 3.60. The Balaban J connectivity index is 1.83. The molecule has 1 aliphatic heterocycles. The van der Waals surface area contributed by atoms with E-state index < -0.39 is 30.1 Å². The zero-order valence-corrected chi connectivity index (χ0v) is 33.2. The van der Waals surface area contributed by atoms with Crippen molar-refractivity contribution in [2.45, 2.75) is 117 Å². The zero-order valence-electron chi connectivity index (χ0n) is 32.4. The van der Waals surface area contributed by atoms with E-state index in [0.29, 0.717) is 17.8 Å². The minimum Gasteiger partial charge on any atom is -0.481 e. The van der Waals surface area contributed by atoms with Crippen molar-refractivity contribution in [3.63, 3.8) is 0 Å². The van der Waals surface area contributed by atoms with Crippen LogP contribution in [0, 0.1) is 17.8 Å². The summed E-state index contributed by atoms with van der Waals surface area (Å²) in [6.45, 7) is 16.8.